The Morgan fingerprint density at radius 1 is 1.15 bits per heavy atom. The Balaban J connectivity index is 4.26. The lowest BCUT2D eigenvalue weighted by molar-refractivity contribution is -0.311. The minimum Gasteiger partial charge on any atom is -0.550 e. The topological polar surface area (TPSA) is 127 Å². The van der Waals surface area contributed by atoms with Gasteiger partial charge in [0.05, 0.1) is 5.92 Å². The van der Waals surface area contributed by atoms with Gasteiger partial charge in [0.1, 0.15) is 0 Å². The molecule has 0 fully saturated rings. The summed E-state index contributed by atoms with van der Waals surface area (Å²) in [6.07, 6.45) is -1.68. The zero-order valence-corrected chi connectivity index (χ0v) is 6.39. The van der Waals surface area contributed by atoms with E-state index in [1.807, 2.05) is 0 Å². The number of carbonyl (C=O) groups is 3. The van der Waals surface area contributed by atoms with Crippen molar-refractivity contribution in [2.75, 3.05) is 0 Å². The van der Waals surface area contributed by atoms with Crippen LogP contribution in [0.3, 0.4) is 0 Å². The molecule has 0 aliphatic carbocycles. The Hall–Kier alpha value is -1.63. The molecular weight excluding hydrogens is 184 g/mol. The summed E-state index contributed by atoms with van der Waals surface area (Å²) in [6, 6.07) is 0. The fourth-order valence-corrected chi connectivity index (χ4v) is 0.716. The molecule has 0 saturated carbocycles. The van der Waals surface area contributed by atoms with Crippen LogP contribution >= 0.6 is 0 Å². The van der Waals surface area contributed by atoms with E-state index in [4.69, 9.17) is 5.26 Å². The molecule has 0 heterocycles. The highest BCUT2D eigenvalue weighted by molar-refractivity contribution is 5.81. The summed E-state index contributed by atoms with van der Waals surface area (Å²) in [5.74, 6) is -6.05. The Morgan fingerprint density at radius 3 is 1.77 bits per heavy atom. The third-order valence-electron chi connectivity index (χ3n) is 1.25. The highest BCUT2D eigenvalue weighted by Gasteiger charge is 2.20. The third-order valence-corrected chi connectivity index (χ3v) is 1.25. The molecule has 0 spiro atoms. The van der Waals surface area contributed by atoms with Crippen LogP contribution in [0.15, 0.2) is 0 Å². The number of carboxylic acid groups (broad SMARTS) is 2. The minimum absolute atomic E-state index is 0.840. The molecule has 0 rings (SSSR count). The molecule has 74 valence electrons. The summed E-state index contributed by atoms with van der Waals surface area (Å²) >= 11 is 0. The van der Waals surface area contributed by atoms with Gasteiger partial charge in [-0.15, -0.1) is 0 Å². The molecule has 0 atom stereocenters. The number of carboxylic acids is 2. The number of hydrogen-bond acceptors (Lipinski definition) is 7. The fourth-order valence-electron chi connectivity index (χ4n) is 0.716. The summed E-state index contributed by atoms with van der Waals surface area (Å²) in [6.45, 7) is 0. The second-order valence-electron chi connectivity index (χ2n) is 2.26. The van der Waals surface area contributed by atoms with Crippen LogP contribution in [0.25, 0.3) is 0 Å². The maximum atomic E-state index is 10.5. The molecule has 0 aliphatic rings. The molecule has 0 saturated heterocycles. The molecule has 0 radical (unpaired) electrons. The van der Waals surface area contributed by atoms with Crippen molar-refractivity contribution in [1.29, 1.82) is 0 Å². The molecule has 0 aliphatic heterocycles. The summed E-state index contributed by atoms with van der Waals surface area (Å²) < 4.78 is 0. The second kappa shape index (κ2) is 5.09. The van der Waals surface area contributed by atoms with Crippen molar-refractivity contribution in [1.82, 2.24) is 0 Å². The van der Waals surface area contributed by atoms with Crippen LogP contribution in [0, 0.1) is 5.92 Å². The molecule has 7 nitrogen and oxygen atoms in total. The van der Waals surface area contributed by atoms with Crippen molar-refractivity contribution in [3.05, 3.63) is 0 Å². The predicted octanol–water partition coefficient (Wildman–Crippen LogP) is -3.10. The van der Waals surface area contributed by atoms with Gasteiger partial charge in [0, 0.05) is 24.8 Å². The van der Waals surface area contributed by atoms with E-state index in [0.717, 1.165) is 0 Å². The SMILES string of the molecule is O=C([O-])CC(CC(=O)[O-])C(=O)OO. The van der Waals surface area contributed by atoms with Gasteiger partial charge in [-0.3, -0.25) is 0 Å². The lowest BCUT2D eigenvalue weighted by Crippen LogP contribution is -2.34. The molecule has 1 N–H and O–H groups in total. The van der Waals surface area contributed by atoms with Crippen LogP contribution in [-0.2, 0) is 19.3 Å². The number of carbonyl (C=O) groups excluding carboxylic acids is 3. The Labute approximate surface area is 72.5 Å². The van der Waals surface area contributed by atoms with Gasteiger partial charge in [-0.25, -0.2) is 4.79 Å². The molecule has 13 heavy (non-hydrogen) atoms. The van der Waals surface area contributed by atoms with E-state index in [0.29, 0.717) is 0 Å². The van der Waals surface area contributed by atoms with Gasteiger partial charge in [-0.05, 0) is 0 Å². The average molecular weight is 190 g/mol. The van der Waals surface area contributed by atoms with Crippen LogP contribution in [0.5, 0.6) is 0 Å². The molecule has 0 aromatic carbocycles. The van der Waals surface area contributed by atoms with Crippen LogP contribution in [0.4, 0.5) is 0 Å². The lowest BCUT2D eigenvalue weighted by Gasteiger charge is -2.13. The van der Waals surface area contributed by atoms with E-state index in [1.165, 1.54) is 0 Å². The van der Waals surface area contributed by atoms with Crippen molar-refractivity contribution in [2.45, 2.75) is 12.8 Å². The van der Waals surface area contributed by atoms with E-state index in [-0.39, 0.29) is 0 Å². The van der Waals surface area contributed by atoms with Gasteiger partial charge in [0.2, 0.25) is 0 Å². The summed E-state index contributed by atoms with van der Waals surface area (Å²) in [4.78, 5) is 33.7. The van der Waals surface area contributed by atoms with Gasteiger partial charge in [0.25, 0.3) is 0 Å². The molecular formula is C6H6O7-2. The number of rotatable bonds is 5. The van der Waals surface area contributed by atoms with Gasteiger partial charge < -0.3 is 24.7 Å². The fraction of sp³-hybridized carbons (Fsp3) is 0.500. The molecule has 0 aromatic rings. The van der Waals surface area contributed by atoms with Crippen LogP contribution in [-0.4, -0.2) is 23.2 Å². The first kappa shape index (κ1) is 11.4. The third kappa shape index (κ3) is 4.75. The van der Waals surface area contributed by atoms with Crippen LogP contribution in [0.1, 0.15) is 12.8 Å². The Kier molecular flexibility index (Phi) is 4.45. The number of aliphatic carboxylic acids is 2. The monoisotopic (exact) mass is 190 g/mol. The first-order valence-corrected chi connectivity index (χ1v) is 3.22. The smallest absolute Gasteiger partial charge is 0.345 e. The first-order valence-electron chi connectivity index (χ1n) is 3.22. The van der Waals surface area contributed by atoms with E-state index in [2.05, 4.69) is 4.89 Å². The summed E-state index contributed by atoms with van der Waals surface area (Å²) in [5, 5.41) is 27.9. The molecule has 0 amide bonds. The summed E-state index contributed by atoms with van der Waals surface area (Å²) in [5.41, 5.74) is 0. The lowest BCUT2D eigenvalue weighted by atomic mass is 10.0. The van der Waals surface area contributed by atoms with Gasteiger partial charge in [-0.1, -0.05) is 0 Å². The number of hydrogen-bond donors (Lipinski definition) is 1. The van der Waals surface area contributed by atoms with Crippen molar-refractivity contribution in [3.63, 3.8) is 0 Å². The van der Waals surface area contributed by atoms with Gasteiger partial charge >= 0.3 is 5.97 Å². The zero-order valence-electron chi connectivity index (χ0n) is 6.39. The zero-order chi connectivity index (χ0) is 10.4. The maximum Gasteiger partial charge on any atom is 0.345 e. The largest absolute Gasteiger partial charge is 0.550 e. The summed E-state index contributed by atoms with van der Waals surface area (Å²) in [7, 11) is 0. The molecule has 0 bridgehead atoms. The van der Waals surface area contributed by atoms with Crippen LogP contribution in [0.2, 0.25) is 0 Å². The maximum absolute atomic E-state index is 10.5. The highest BCUT2D eigenvalue weighted by atomic mass is 17.1. The predicted molar refractivity (Wildman–Crippen MR) is 31.5 cm³/mol. The van der Waals surface area contributed by atoms with Crippen LogP contribution < -0.4 is 10.2 Å². The van der Waals surface area contributed by atoms with E-state index in [1.54, 1.807) is 0 Å². The van der Waals surface area contributed by atoms with E-state index < -0.39 is 36.7 Å². The highest BCUT2D eigenvalue weighted by Crippen LogP contribution is 2.09. The van der Waals surface area contributed by atoms with Crippen molar-refractivity contribution in [3.8, 4) is 0 Å². The minimum atomic E-state index is -1.61. The van der Waals surface area contributed by atoms with Crippen molar-refractivity contribution in [2.24, 2.45) is 5.92 Å². The first-order chi connectivity index (χ1) is 5.97. The van der Waals surface area contributed by atoms with E-state index >= 15 is 0 Å². The van der Waals surface area contributed by atoms with Gasteiger partial charge in [0.15, 0.2) is 0 Å². The van der Waals surface area contributed by atoms with Crippen molar-refractivity contribution < 1.29 is 34.7 Å². The molecule has 0 unspecified atom stereocenters. The average Bonchev–Trinajstić information content (AvgIpc) is 2.00. The standard InChI is InChI=1S/C6H8O7/c7-4(8)1-3(2-5(9)10)6(11)13-12/h3,12H,1-2H2,(H,7,8)(H,9,10)/p-2. The van der Waals surface area contributed by atoms with E-state index in [9.17, 15) is 24.6 Å². The van der Waals surface area contributed by atoms with Gasteiger partial charge in [-0.2, -0.15) is 5.26 Å². The normalized spacial score (nSPS) is 9.69. The molecule has 0 aromatic heterocycles. The molecule has 7 heteroatoms. The second-order valence-corrected chi connectivity index (χ2v) is 2.26. The Morgan fingerprint density at radius 2 is 1.54 bits per heavy atom. The quantitative estimate of drug-likeness (QED) is 0.359. The van der Waals surface area contributed by atoms with Crippen molar-refractivity contribution >= 4 is 17.9 Å². The Bertz CT molecular complexity index is 205.